The average Bonchev–Trinajstić information content (AvgIpc) is 2.87. The number of unbranched alkanes of at least 4 members (excludes halogenated alkanes) is 16. The zero-order valence-electron chi connectivity index (χ0n) is 25.1. The highest BCUT2D eigenvalue weighted by atomic mass is 16.5. The highest BCUT2D eigenvalue weighted by molar-refractivity contribution is 4.92. The van der Waals surface area contributed by atoms with E-state index in [1.807, 2.05) is 0 Å². The predicted octanol–water partition coefficient (Wildman–Crippen LogP) is 10.3. The van der Waals surface area contributed by atoms with Gasteiger partial charge in [-0.15, -0.1) is 0 Å². The molecule has 0 aliphatic carbocycles. The molecule has 3 nitrogen and oxygen atoms in total. The van der Waals surface area contributed by atoms with Gasteiger partial charge in [-0.1, -0.05) is 122 Å². The van der Waals surface area contributed by atoms with Crippen LogP contribution in [0, 0.1) is 0 Å². The predicted molar refractivity (Wildman–Crippen MR) is 161 cm³/mol. The molecule has 0 radical (unpaired) electrons. The molecule has 0 saturated carbocycles. The minimum Gasteiger partial charge on any atom is -0.381 e. The topological polar surface area (TPSA) is 21.7 Å². The van der Waals surface area contributed by atoms with Crippen molar-refractivity contribution >= 4 is 0 Å². The Morgan fingerprint density at radius 2 is 1.00 bits per heavy atom. The molecule has 0 spiro atoms. The summed E-state index contributed by atoms with van der Waals surface area (Å²) in [7, 11) is 4.22. The molecule has 0 fully saturated rings. The summed E-state index contributed by atoms with van der Waals surface area (Å²) in [6.07, 6.45) is 36.8. The van der Waals surface area contributed by atoms with Crippen molar-refractivity contribution in [3.63, 3.8) is 0 Å². The molecule has 0 bridgehead atoms. The molecule has 0 saturated heterocycles. The van der Waals surface area contributed by atoms with Gasteiger partial charge in [0.15, 0.2) is 0 Å². The van der Waals surface area contributed by atoms with E-state index in [2.05, 4.69) is 57.1 Å². The van der Waals surface area contributed by atoms with Gasteiger partial charge >= 0.3 is 0 Å². The highest BCUT2D eigenvalue weighted by Crippen LogP contribution is 2.12. The SMILES string of the molecule is CCCCCC=CCC=CCCCCCCCCCCOC(CCOCCCCCCCC)N(C)C. The summed E-state index contributed by atoms with van der Waals surface area (Å²) < 4.78 is 12.0. The summed E-state index contributed by atoms with van der Waals surface area (Å²) in [6.45, 7) is 7.12. The molecule has 1 unspecified atom stereocenters. The third-order valence-electron chi connectivity index (χ3n) is 6.88. The van der Waals surface area contributed by atoms with Crippen LogP contribution >= 0.6 is 0 Å². The third-order valence-corrected chi connectivity index (χ3v) is 6.88. The fourth-order valence-corrected chi connectivity index (χ4v) is 4.42. The normalized spacial score (nSPS) is 13.0. The molecular formula is C33H65NO2. The van der Waals surface area contributed by atoms with Crippen LogP contribution in [0.1, 0.15) is 149 Å². The summed E-state index contributed by atoms with van der Waals surface area (Å²) in [4.78, 5) is 2.19. The zero-order valence-corrected chi connectivity index (χ0v) is 25.1. The van der Waals surface area contributed by atoms with Crippen LogP contribution in [0.5, 0.6) is 0 Å². The standard InChI is InChI=1S/C33H65NO2/c1-5-7-9-11-13-14-15-16-17-18-19-20-21-22-23-24-26-28-31-36-33(34(3)4)29-32-35-30-27-25-12-10-8-6-2/h13-14,16-17,33H,5-12,15,18-32H2,1-4H3. The van der Waals surface area contributed by atoms with E-state index in [1.54, 1.807) is 0 Å². The molecule has 0 heterocycles. The van der Waals surface area contributed by atoms with E-state index < -0.39 is 0 Å². The molecule has 36 heavy (non-hydrogen) atoms. The quantitative estimate of drug-likeness (QED) is 0.0571. The van der Waals surface area contributed by atoms with Crippen molar-refractivity contribution in [3.05, 3.63) is 24.3 Å². The lowest BCUT2D eigenvalue weighted by Crippen LogP contribution is -2.32. The van der Waals surface area contributed by atoms with Crippen LogP contribution in [0.2, 0.25) is 0 Å². The van der Waals surface area contributed by atoms with Gasteiger partial charge in [0.05, 0.1) is 6.61 Å². The Morgan fingerprint density at radius 3 is 1.58 bits per heavy atom. The Labute approximate surface area is 227 Å². The molecule has 3 heteroatoms. The van der Waals surface area contributed by atoms with E-state index in [0.29, 0.717) is 0 Å². The minimum atomic E-state index is 0.186. The van der Waals surface area contributed by atoms with Gasteiger partial charge in [0.1, 0.15) is 6.23 Å². The second-order valence-electron chi connectivity index (χ2n) is 10.7. The molecule has 1 atom stereocenters. The number of ether oxygens (including phenoxy) is 2. The number of allylic oxidation sites excluding steroid dienone is 4. The molecule has 0 aromatic heterocycles. The van der Waals surface area contributed by atoms with Gasteiger partial charge in [0, 0.05) is 19.6 Å². The number of hydrogen-bond donors (Lipinski definition) is 0. The zero-order chi connectivity index (χ0) is 26.4. The average molecular weight is 508 g/mol. The Bertz CT molecular complexity index is 461. The van der Waals surface area contributed by atoms with Crippen molar-refractivity contribution in [1.82, 2.24) is 4.90 Å². The van der Waals surface area contributed by atoms with Crippen molar-refractivity contribution in [3.8, 4) is 0 Å². The van der Waals surface area contributed by atoms with Gasteiger partial charge < -0.3 is 9.47 Å². The lowest BCUT2D eigenvalue weighted by molar-refractivity contribution is -0.0560. The van der Waals surface area contributed by atoms with E-state index in [4.69, 9.17) is 9.47 Å². The van der Waals surface area contributed by atoms with Crippen molar-refractivity contribution < 1.29 is 9.47 Å². The van der Waals surface area contributed by atoms with Crippen LogP contribution in [0.4, 0.5) is 0 Å². The molecule has 214 valence electrons. The highest BCUT2D eigenvalue weighted by Gasteiger charge is 2.11. The van der Waals surface area contributed by atoms with Gasteiger partial charge in [-0.25, -0.2) is 0 Å². The minimum absolute atomic E-state index is 0.186. The maximum absolute atomic E-state index is 6.14. The molecule has 0 aromatic rings. The van der Waals surface area contributed by atoms with E-state index in [1.165, 1.54) is 122 Å². The van der Waals surface area contributed by atoms with Crippen molar-refractivity contribution in [1.29, 1.82) is 0 Å². The third kappa shape index (κ3) is 27.9. The Hall–Kier alpha value is -0.640. The first-order valence-electron chi connectivity index (χ1n) is 15.9. The summed E-state index contributed by atoms with van der Waals surface area (Å²) in [5.74, 6) is 0. The van der Waals surface area contributed by atoms with Crippen LogP contribution in [-0.2, 0) is 9.47 Å². The van der Waals surface area contributed by atoms with Gasteiger partial charge in [-0.2, -0.15) is 0 Å². The van der Waals surface area contributed by atoms with Gasteiger partial charge in [0.25, 0.3) is 0 Å². The largest absolute Gasteiger partial charge is 0.381 e. The summed E-state index contributed by atoms with van der Waals surface area (Å²) in [5, 5.41) is 0. The smallest absolute Gasteiger partial charge is 0.112 e. The van der Waals surface area contributed by atoms with E-state index >= 15 is 0 Å². The summed E-state index contributed by atoms with van der Waals surface area (Å²) in [5.41, 5.74) is 0. The molecule has 0 aliphatic heterocycles. The maximum atomic E-state index is 6.14. The van der Waals surface area contributed by atoms with Crippen LogP contribution in [0.15, 0.2) is 24.3 Å². The first-order chi connectivity index (χ1) is 17.7. The molecule has 0 amide bonds. The van der Waals surface area contributed by atoms with Crippen molar-refractivity contribution in [2.24, 2.45) is 0 Å². The molecule has 0 rings (SSSR count). The van der Waals surface area contributed by atoms with E-state index in [-0.39, 0.29) is 6.23 Å². The fraction of sp³-hybridized carbons (Fsp3) is 0.879. The van der Waals surface area contributed by atoms with E-state index in [9.17, 15) is 0 Å². The second kappa shape index (κ2) is 30.6. The van der Waals surface area contributed by atoms with Gasteiger partial charge in [0.2, 0.25) is 0 Å². The molecule has 0 aliphatic rings. The number of hydrogen-bond acceptors (Lipinski definition) is 3. The fourth-order valence-electron chi connectivity index (χ4n) is 4.42. The lowest BCUT2D eigenvalue weighted by Gasteiger charge is -2.24. The second-order valence-corrected chi connectivity index (χ2v) is 10.7. The Balaban J connectivity index is 3.43. The lowest BCUT2D eigenvalue weighted by atomic mass is 10.1. The van der Waals surface area contributed by atoms with Crippen LogP contribution in [-0.4, -0.2) is 45.0 Å². The maximum Gasteiger partial charge on any atom is 0.112 e. The first kappa shape index (κ1) is 35.4. The number of rotatable bonds is 29. The van der Waals surface area contributed by atoms with Crippen LogP contribution in [0.3, 0.4) is 0 Å². The summed E-state index contributed by atoms with van der Waals surface area (Å²) >= 11 is 0. The van der Waals surface area contributed by atoms with E-state index in [0.717, 1.165) is 32.7 Å². The molecule has 0 aromatic carbocycles. The Kier molecular flexibility index (Phi) is 30.0. The molecular weight excluding hydrogens is 442 g/mol. The number of nitrogens with zero attached hydrogens (tertiary/aromatic N) is 1. The van der Waals surface area contributed by atoms with Gasteiger partial charge in [-0.05, 0) is 59.0 Å². The van der Waals surface area contributed by atoms with Crippen molar-refractivity contribution in [2.45, 2.75) is 155 Å². The molecule has 0 N–H and O–H groups in total. The van der Waals surface area contributed by atoms with Gasteiger partial charge in [-0.3, -0.25) is 4.90 Å². The summed E-state index contributed by atoms with van der Waals surface area (Å²) in [6, 6.07) is 0. The first-order valence-corrected chi connectivity index (χ1v) is 15.9. The van der Waals surface area contributed by atoms with Crippen LogP contribution < -0.4 is 0 Å². The Morgan fingerprint density at radius 1 is 0.528 bits per heavy atom. The monoisotopic (exact) mass is 508 g/mol. The van der Waals surface area contributed by atoms with Crippen LogP contribution in [0.25, 0.3) is 0 Å². The van der Waals surface area contributed by atoms with Crippen molar-refractivity contribution in [2.75, 3.05) is 33.9 Å².